The fourth-order valence-corrected chi connectivity index (χ4v) is 3.37. The number of methoxy groups -OCH3 is 1. The summed E-state index contributed by atoms with van der Waals surface area (Å²) in [5, 5.41) is 0. The van der Waals surface area contributed by atoms with Crippen molar-refractivity contribution in [2.75, 3.05) is 20.2 Å². The van der Waals surface area contributed by atoms with Gasteiger partial charge in [0.2, 0.25) is 5.88 Å². The van der Waals surface area contributed by atoms with Crippen molar-refractivity contribution in [2.24, 2.45) is 0 Å². The van der Waals surface area contributed by atoms with Crippen molar-refractivity contribution in [3.05, 3.63) is 16.2 Å². The Morgan fingerprint density at radius 2 is 1.93 bits per heavy atom. The zero-order chi connectivity index (χ0) is 22.3. The van der Waals surface area contributed by atoms with Crippen molar-refractivity contribution >= 4 is 33.1 Å². The standard InChI is InChI=1S/C18H20BrF3N4O4/c1-17(2,3)30-16(27)26-6-5-9(8-26)29-14-12-11(23-15(25-14)28-4)7-10(19)13(24-12)18(20,21)22/h7,9H,5-6,8H2,1-4H3/t9-/m1/s1. The highest BCUT2D eigenvalue weighted by molar-refractivity contribution is 9.10. The third-order valence-electron chi connectivity index (χ3n) is 4.10. The summed E-state index contributed by atoms with van der Waals surface area (Å²) in [6, 6.07) is 1.11. The molecule has 1 aliphatic heterocycles. The van der Waals surface area contributed by atoms with E-state index in [1.54, 1.807) is 20.8 Å². The number of carbonyl (C=O) groups excluding carboxylic acids is 1. The van der Waals surface area contributed by atoms with E-state index in [1.807, 2.05) is 0 Å². The van der Waals surface area contributed by atoms with Gasteiger partial charge >= 0.3 is 18.3 Å². The van der Waals surface area contributed by atoms with Crippen LogP contribution in [0.5, 0.6) is 11.9 Å². The molecule has 0 bridgehead atoms. The predicted octanol–water partition coefficient (Wildman–Crippen LogP) is 4.20. The molecule has 1 aliphatic rings. The van der Waals surface area contributed by atoms with Gasteiger partial charge in [0.1, 0.15) is 17.2 Å². The summed E-state index contributed by atoms with van der Waals surface area (Å²) in [7, 11) is 1.33. The molecule has 3 rings (SSSR count). The maximum Gasteiger partial charge on any atom is 0.434 e. The molecule has 1 saturated heterocycles. The molecule has 1 fully saturated rings. The smallest absolute Gasteiger partial charge is 0.434 e. The van der Waals surface area contributed by atoms with Gasteiger partial charge in [0, 0.05) is 13.0 Å². The second-order valence-electron chi connectivity index (χ2n) is 7.65. The van der Waals surface area contributed by atoms with Crippen LogP contribution in [0.2, 0.25) is 0 Å². The number of halogens is 4. The maximum atomic E-state index is 13.3. The first kappa shape index (κ1) is 22.3. The Balaban J connectivity index is 1.89. The zero-order valence-electron chi connectivity index (χ0n) is 16.7. The van der Waals surface area contributed by atoms with Gasteiger partial charge in [-0.15, -0.1) is 0 Å². The van der Waals surface area contributed by atoms with Crippen LogP contribution in [0.15, 0.2) is 10.5 Å². The Bertz CT molecular complexity index is 965. The molecular weight excluding hydrogens is 473 g/mol. The molecule has 8 nitrogen and oxygen atoms in total. The van der Waals surface area contributed by atoms with Crippen LogP contribution in [-0.4, -0.2) is 57.8 Å². The van der Waals surface area contributed by atoms with E-state index in [0.717, 1.165) is 0 Å². The van der Waals surface area contributed by atoms with Crippen LogP contribution in [0.25, 0.3) is 11.0 Å². The zero-order valence-corrected chi connectivity index (χ0v) is 18.3. The second kappa shape index (κ2) is 8.05. The largest absolute Gasteiger partial charge is 0.471 e. The fraction of sp³-hybridized carbons (Fsp3) is 0.556. The quantitative estimate of drug-likeness (QED) is 0.634. The van der Waals surface area contributed by atoms with E-state index in [4.69, 9.17) is 14.2 Å². The minimum Gasteiger partial charge on any atom is -0.471 e. The highest BCUT2D eigenvalue weighted by Gasteiger charge is 2.37. The second-order valence-corrected chi connectivity index (χ2v) is 8.51. The summed E-state index contributed by atoms with van der Waals surface area (Å²) in [5.74, 6) is -0.147. The molecule has 1 amide bonds. The molecular formula is C18H20BrF3N4O4. The van der Waals surface area contributed by atoms with E-state index in [1.165, 1.54) is 18.1 Å². The van der Waals surface area contributed by atoms with E-state index in [9.17, 15) is 18.0 Å². The van der Waals surface area contributed by atoms with Gasteiger partial charge in [0.15, 0.2) is 11.2 Å². The van der Waals surface area contributed by atoms with Crippen molar-refractivity contribution in [1.82, 2.24) is 19.9 Å². The molecule has 0 radical (unpaired) electrons. The molecule has 0 spiro atoms. The third kappa shape index (κ3) is 5.02. The maximum absolute atomic E-state index is 13.3. The van der Waals surface area contributed by atoms with E-state index < -0.39 is 29.7 Å². The number of likely N-dealkylation sites (tertiary alicyclic amines) is 1. The summed E-state index contributed by atoms with van der Waals surface area (Å²) < 4.78 is 55.8. The molecule has 0 saturated carbocycles. The van der Waals surface area contributed by atoms with Crippen LogP contribution in [0.3, 0.4) is 0 Å². The first-order valence-corrected chi connectivity index (χ1v) is 9.81. The van der Waals surface area contributed by atoms with E-state index in [0.29, 0.717) is 13.0 Å². The van der Waals surface area contributed by atoms with Gasteiger partial charge in [-0.2, -0.15) is 23.1 Å². The van der Waals surface area contributed by atoms with Gasteiger partial charge in [-0.25, -0.2) is 9.78 Å². The lowest BCUT2D eigenvalue weighted by molar-refractivity contribution is -0.141. The number of amides is 1. The number of ether oxygens (including phenoxy) is 3. The minimum atomic E-state index is -4.68. The number of hydrogen-bond donors (Lipinski definition) is 0. The van der Waals surface area contributed by atoms with Crippen molar-refractivity contribution in [2.45, 2.75) is 45.1 Å². The van der Waals surface area contributed by atoms with Crippen molar-refractivity contribution < 1.29 is 32.2 Å². The van der Waals surface area contributed by atoms with Crippen LogP contribution >= 0.6 is 15.9 Å². The summed E-state index contributed by atoms with van der Waals surface area (Å²) in [4.78, 5) is 25.4. The number of hydrogen-bond acceptors (Lipinski definition) is 7. The number of carbonyl (C=O) groups is 1. The molecule has 2 aromatic rings. The number of aromatic nitrogens is 3. The number of fused-ring (bicyclic) bond motifs is 1. The van der Waals surface area contributed by atoms with Crippen LogP contribution in [0.1, 0.15) is 32.9 Å². The lowest BCUT2D eigenvalue weighted by Crippen LogP contribution is -2.36. The molecule has 30 heavy (non-hydrogen) atoms. The minimum absolute atomic E-state index is 0.0760. The van der Waals surface area contributed by atoms with E-state index in [2.05, 4.69) is 30.9 Å². The Kier molecular flexibility index (Phi) is 5.99. The van der Waals surface area contributed by atoms with Crippen LogP contribution in [-0.2, 0) is 10.9 Å². The third-order valence-corrected chi connectivity index (χ3v) is 4.70. The monoisotopic (exact) mass is 492 g/mol. The Morgan fingerprint density at radius 1 is 1.23 bits per heavy atom. The molecule has 0 aliphatic carbocycles. The van der Waals surface area contributed by atoms with Crippen molar-refractivity contribution in [1.29, 1.82) is 0 Å². The summed E-state index contributed by atoms with van der Waals surface area (Å²) >= 11 is 2.88. The van der Waals surface area contributed by atoms with Gasteiger partial charge in [-0.3, -0.25) is 0 Å². The normalized spacial score (nSPS) is 17.3. The van der Waals surface area contributed by atoms with Crippen molar-refractivity contribution in [3.8, 4) is 11.9 Å². The highest BCUT2D eigenvalue weighted by Crippen LogP contribution is 2.37. The van der Waals surface area contributed by atoms with Crippen LogP contribution in [0, 0.1) is 0 Å². The number of rotatable bonds is 3. The topological polar surface area (TPSA) is 86.7 Å². The SMILES string of the molecule is COc1nc(O[C@@H]2CCN(C(=O)OC(C)(C)C)C2)c2nc(C(F)(F)F)c(Br)cc2n1. The summed E-state index contributed by atoms with van der Waals surface area (Å²) in [6.07, 6.45) is -5.21. The predicted molar refractivity (Wildman–Crippen MR) is 103 cm³/mol. The van der Waals surface area contributed by atoms with E-state index in [-0.39, 0.29) is 33.9 Å². The van der Waals surface area contributed by atoms with Gasteiger partial charge < -0.3 is 19.1 Å². The van der Waals surface area contributed by atoms with Crippen LogP contribution < -0.4 is 9.47 Å². The van der Waals surface area contributed by atoms with E-state index >= 15 is 0 Å². The number of alkyl halides is 3. The molecule has 0 unspecified atom stereocenters. The highest BCUT2D eigenvalue weighted by atomic mass is 79.9. The van der Waals surface area contributed by atoms with Gasteiger partial charge in [0.25, 0.3) is 0 Å². The van der Waals surface area contributed by atoms with Crippen LogP contribution in [0.4, 0.5) is 18.0 Å². The average molecular weight is 493 g/mol. The molecule has 0 N–H and O–H groups in total. The van der Waals surface area contributed by atoms with Gasteiger partial charge in [0.05, 0.1) is 18.1 Å². The molecule has 0 aromatic carbocycles. The Labute approximate surface area is 178 Å². The Morgan fingerprint density at radius 3 is 2.53 bits per heavy atom. The molecule has 12 heteroatoms. The summed E-state index contributed by atoms with van der Waals surface area (Å²) in [5.41, 5.74) is -1.78. The summed E-state index contributed by atoms with van der Waals surface area (Å²) in [6.45, 7) is 5.86. The van der Waals surface area contributed by atoms with Crippen molar-refractivity contribution in [3.63, 3.8) is 0 Å². The first-order valence-electron chi connectivity index (χ1n) is 9.01. The number of pyridine rings is 1. The molecule has 164 valence electrons. The molecule has 3 heterocycles. The molecule has 2 aromatic heterocycles. The first-order chi connectivity index (χ1) is 13.9. The Hall–Kier alpha value is -2.37. The average Bonchev–Trinajstić information content (AvgIpc) is 3.07. The molecule has 1 atom stereocenters. The van der Waals surface area contributed by atoms with Gasteiger partial charge in [-0.05, 0) is 42.8 Å². The fourth-order valence-electron chi connectivity index (χ4n) is 2.84. The lowest BCUT2D eigenvalue weighted by atomic mass is 10.2. The lowest BCUT2D eigenvalue weighted by Gasteiger charge is -2.24. The van der Waals surface area contributed by atoms with Gasteiger partial charge in [-0.1, -0.05) is 0 Å². The number of nitrogens with zero attached hydrogens (tertiary/aromatic N) is 4.